The Labute approximate surface area is 121 Å². The van der Waals surface area contributed by atoms with Gasteiger partial charge in [0.15, 0.2) is 11.6 Å². The van der Waals surface area contributed by atoms with Crippen LogP contribution in [0.4, 0.5) is 14.6 Å². The molecule has 1 aromatic carbocycles. The summed E-state index contributed by atoms with van der Waals surface area (Å²) in [6.45, 7) is 3.66. The first-order valence-corrected chi connectivity index (χ1v) is 6.98. The highest BCUT2D eigenvalue weighted by atomic mass is 19.2. The van der Waals surface area contributed by atoms with Crippen LogP contribution in [-0.2, 0) is 0 Å². The standard InChI is InChI=1S/C15H17F2N3O/c1-15(8-21)2-4-20(5-3-15)14-10-6-11(16)12(17)7-13(10)18-9-19-14/h6-7,9,21H,2-5,8H2,1H3. The fraction of sp³-hybridized carbons (Fsp3) is 0.467. The molecule has 112 valence electrons. The van der Waals surface area contributed by atoms with Crippen molar-refractivity contribution >= 4 is 16.7 Å². The molecule has 0 unspecified atom stereocenters. The smallest absolute Gasteiger partial charge is 0.161 e. The molecule has 21 heavy (non-hydrogen) atoms. The second kappa shape index (κ2) is 5.18. The van der Waals surface area contributed by atoms with Crippen LogP contribution in [0.25, 0.3) is 10.9 Å². The zero-order valence-corrected chi connectivity index (χ0v) is 11.8. The summed E-state index contributed by atoms with van der Waals surface area (Å²) in [5.74, 6) is -1.17. The number of hydrogen-bond acceptors (Lipinski definition) is 4. The van der Waals surface area contributed by atoms with E-state index in [1.807, 2.05) is 4.90 Å². The molecule has 1 aliphatic rings. The predicted octanol–water partition coefficient (Wildman–Crippen LogP) is 2.51. The average Bonchev–Trinajstić information content (AvgIpc) is 2.49. The summed E-state index contributed by atoms with van der Waals surface area (Å²) in [4.78, 5) is 10.3. The normalized spacial score (nSPS) is 18.2. The minimum absolute atomic E-state index is 0.0727. The monoisotopic (exact) mass is 293 g/mol. The van der Waals surface area contributed by atoms with Crippen LogP contribution in [-0.4, -0.2) is 34.8 Å². The summed E-state index contributed by atoms with van der Waals surface area (Å²) in [6, 6.07) is 2.25. The minimum atomic E-state index is -0.904. The van der Waals surface area contributed by atoms with Gasteiger partial charge in [0.25, 0.3) is 0 Å². The maximum atomic E-state index is 13.5. The van der Waals surface area contributed by atoms with Crippen LogP contribution < -0.4 is 4.90 Å². The number of hydrogen-bond donors (Lipinski definition) is 1. The summed E-state index contributed by atoms with van der Waals surface area (Å²) >= 11 is 0. The summed E-state index contributed by atoms with van der Waals surface area (Å²) < 4.78 is 26.8. The van der Waals surface area contributed by atoms with Gasteiger partial charge in [0.05, 0.1) is 5.52 Å². The molecular weight excluding hydrogens is 276 g/mol. The maximum Gasteiger partial charge on any atom is 0.161 e. The molecule has 0 atom stereocenters. The lowest BCUT2D eigenvalue weighted by molar-refractivity contribution is 0.115. The van der Waals surface area contributed by atoms with Crippen LogP contribution in [0.5, 0.6) is 0 Å². The van der Waals surface area contributed by atoms with Crippen LogP contribution in [0.3, 0.4) is 0 Å². The van der Waals surface area contributed by atoms with Gasteiger partial charge in [-0.25, -0.2) is 18.7 Å². The highest BCUT2D eigenvalue weighted by molar-refractivity contribution is 5.89. The molecule has 2 heterocycles. The van der Waals surface area contributed by atoms with Crippen LogP contribution in [0.1, 0.15) is 19.8 Å². The number of aliphatic hydroxyl groups excluding tert-OH is 1. The molecule has 4 nitrogen and oxygen atoms in total. The van der Waals surface area contributed by atoms with E-state index in [1.54, 1.807) is 0 Å². The second-order valence-corrected chi connectivity index (χ2v) is 5.94. The van der Waals surface area contributed by atoms with E-state index in [-0.39, 0.29) is 12.0 Å². The summed E-state index contributed by atoms with van der Waals surface area (Å²) in [6.07, 6.45) is 3.03. The molecule has 1 N–H and O–H groups in total. The Morgan fingerprint density at radius 3 is 2.52 bits per heavy atom. The van der Waals surface area contributed by atoms with E-state index in [4.69, 9.17) is 0 Å². The van der Waals surface area contributed by atoms with E-state index in [2.05, 4.69) is 16.9 Å². The summed E-state index contributed by atoms with van der Waals surface area (Å²) in [5, 5.41) is 9.93. The van der Waals surface area contributed by atoms with Crippen molar-refractivity contribution < 1.29 is 13.9 Å². The Bertz CT molecular complexity index is 669. The van der Waals surface area contributed by atoms with Crippen molar-refractivity contribution in [3.8, 4) is 0 Å². The van der Waals surface area contributed by atoms with Crippen molar-refractivity contribution in [2.75, 3.05) is 24.6 Å². The van der Waals surface area contributed by atoms with E-state index < -0.39 is 11.6 Å². The van der Waals surface area contributed by atoms with Crippen LogP contribution >= 0.6 is 0 Å². The first kappa shape index (κ1) is 14.1. The maximum absolute atomic E-state index is 13.5. The highest BCUT2D eigenvalue weighted by Gasteiger charge is 2.30. The van der Waals surface area contributed by atoms with E-state index in [9.17, 15) is 13.9 Å². The summed E-state index contributed by atoms with van der Waals surface area (Å²) in [7, 11) is 0. The first-order valence-electron chi connectivity index (χ1n) is 6.98. The van der Waals surface area contributed by atoms with Gasteiger partial charge in [0, 0.05) is 31.1 Å². The van der Waals surface area contributed by atoms with Crippen molar-refractivity contribution in [3.63, 3.8) is 0 Å². The zero-order valence-electron chi connectivity index (χ0n) is 11.8. The molecule has 1 aromatic heterocycles. The lowest BCUT2D eigenvalue weighted by Crippen LogP contribution is -2.40. The Hall–Kier alpha value is -1.82. The Morgan fingerprint density at radius 1 is 1.19 bits per heavy atom. The fourth-order valence-corrected chi connectivity index (χ4v) is 2.71. The number of aromatic nitrogens is 2. The molecule has 0 amide bonds. The number of nitrogens with zero attached hydrogens (tertiary/aromatic N) is 3. The van der Waals surface area contributed by atoms with Gasteiger partial charge in [0.2, 0.25) is 0 Å². The highest BCUT2D eigenvalue weighted by Crippen LogP contribution is 2.34. The average molecular weight is 293 g/mol. The molecule has 3 rings (SSSR count). The number of benzene rings is 1. The molecule has 2 aromatic rings. The van der Waals surface area contributed by atoms with Gasteiger partial charge in [-0.1, -0.05) is 6.92 Å². The molecular formula is C15H17F2N3O. The van der Waals surface area contributed by atoms with Gasteiger partial charge in [-0.05, 0) is 24.3 Å². The van der Waals surface area contributed by atoms with Crippen molar-refractivity contribution in [3.05, 3.63) is 30.1 Å². The summed E-state index contributed by atoms with van der Waals surface area (Å²) in [5.41, 5.74) is 0.325. The predicted molar refractivity (Wildman–Crippen MR) is 76.1 cm³/mol. The molecule has 0 spiro atoms. The SMILES string of the molecule is CC1(CO)CCN(c2ncnc3cc(F)c(F)cc23)CC1. The molecule has 6 heteroatoms. The van der Waals surface area contributed by atoms with E-state index in [1.165, 1.54) is 6.33 Å². The largest absolute Gasteiger partial charge is 0.396 e. The van der Waals surface area contributed by atoms with E-state index in [0.29, 0.717) is 16.7 Å². The minimum Gasteiger partial charge on any atom is -0.396 e. The number of piperidine rings is 1. The van der Waals surface area contributed by atoms with Gasteiger partial charge < -0.3 is 10.0 Å². The van der Waals surface area contributed by atoms with Gasteiger partial charge in [-0.3, -0.25) is 0 Å². The Morgan fingerprint density at radius 2 is 1.86 bits per heavy atom. The number of anilines is 1. The van der Waals surface area contributed by atoms with Crippen LogP contribution in [0.15, 0.2) is 18.5 Å². The molecule has 1 aliphatic heterocycles. The van der Waals surface area contributed by atoms with E-state index >= 15 is 0 Å². The van der Waals surface area contributed by atoms with Crippen LogP contribution in [0, 0.1) is 17.0 Å². The Kier molecular flexibility index (Phi) is 3.49. The van der Waals surface area contributed by atoms with Crippen LogP contribution in [0.2, 0.25) is 0 Å². The molecule has 0 bridgehead atoms. The third-order valence-corrected chi connectivity index (χ3v) is 4.31. The number of aliphatic hydroxyl groups is 1. The van der Waals surface area contributed by atoms with Gasteiger partial charge in [0.1, 0.15) is 12.1 Å². The number of fused-ring (bicyclic) bond motifs is 1. The number of halogens is 2. The lowest BCUT2D eigenvalue weighted by atomic mass is 9.81. The third-order valence-electron chi connectivity index (χ3n) is 4.31. The van der Waals surface area contributed by atoms with Gasteiger partial charge in [-0.15, -0.1) is 0 Å². The molecule has 0 saturated carbocycles. The first-order chi connectivity index (χ1) is 10.0. The molecule has 0 aliphatic carbocycles. The molecule has 1 fully saturated rings. The second-order valence-electron chi connectivity index (χ2n) is 5.94. The van der Waals surface area contributed by atoms with Crippen molar-refractivity contribution in [2.24, 2.45) is 5.41 Å². The topological polar surface area (TPSA) is 49.2 Å². The quantitative estimate of drug-likeness (QED) is 0.924. The third kappa shape index (κ3) is 2.55. The lowest BCUT2D eigenvalue weighted by Gasteiger charge is -2.39. The molecule has 0 radical (unpaired) electrons. The van der Waals surface area contributed by atoms with Crippen molar-refractivity contribution in [1.29, 1.82) is 0 Å². The van der Waals surface area contributed by atoms with Crippen molar-refractivity contribution in [2.45, 2.75) is 19.8 Å². The fourth-order valence-electron chi connectivity index (χ4n) is 2.71. The number of rotatable bonds is 2. The van der Waals surface area contributed by atoms with Crippen molar-refractivity contribution in [1.82, 2.24) is 9.97 Å². The van der Waals surface area contributed by atoms with Gasteiger partial charge in [-0.2, -0.15) is 0 Å². The van der Waals surface area contributed by atoms with E-state index in [0.717, 1.165) is 38.1 Å². The zero-order chi connectivity index (χ0) is 15.0. The van der Waals surface area contributed by atoms with Gasteiger partial charge >= 0.3 is 0 Å². The molecule has 1 saturated heterocycles. The Balaban J connectivity index is 1.96.